The Morgan fingerprint density at radius 3 is 2.84 bits per heavy atom. The highest BCUT2D eigenvalue weighted by atomic mass is 79.9. The van der Waals surface area contributed by atoms with Crippen LogP contribution in [0.3, 0.4) is 0 Å². The van der Waals surface area contributed by atoms with E-state index in [1.807, 2.05) is 0 Å². The first-order valence-electron chi connectivity index (χ1n) is 6.68. The van der Waals surface area contributed by atoms with Gasteiger partial charge in [0, 0.05) is 10.9 Å². The van der Waals surface area contributed by atoms with Gasteiger partial charge in [-0.2, -0.15) is 0 Å². The lowest BCUT2D eigenvalue weighted by molar-refractivity contribution is 0.381. The number of halogens is 1. The van der Waals surface area contributed by atoms with Gasteiger partial charge in [0.25, 0.3) is 0 Å². The largest absolute Gasteiger partial charge is 0.313 e. The highest BCUT2D eigenvalue weighted by Gasteiger charge is 2.33. The first-order chi connectivity index (χ1) is 9.00. The molecule has 0 amide bonds. The van der Waals surface area contributed by atoms with E-state index in [0.717, 1.165) is 29.6 Å². The number of rotatable bonds is 6. The minimum absolute atomic E-state index is 0.262. The number of sulfone groups is 1. The summed E-state index contributed by atoms with van der Waals surface area (Å²) in [5.41, 5.74) is 0. The smallest absolute Gasteiger partial charge is 0.150 e. The van der Waals surface area contributed by atoms with Gasteiger partial charge in [0.2, 0.25) is 0 Å². The number of thiophene rings is 1. The van der Waals surface area contributed by atoms with Crippen molar-refractivity contribution in [2.24, 2.45) is 5.92 Å². The Bertz CT molecular complexity index is 512. The van der Waals surface area contributed by atoms with Crippen molar-refractivity contribution in [3.05, 3.63) is 20.8 Å². The molecule has 0 bridgehead atoms. The van der Waals surface area contributed by atoms with Crippen molar-refractivity contribution in [1.29, 1.82) is 0 Å². The predicted molar refractivity (Wildman–Crippen MR) is 84.6 cm³/mol. The topological polar surface area (TPSA) is 46.2 Å². The number of hydrogen-bond donors (Lipinski definition) is 1. The molecule has 1 N–H and O–H groups in total. The average Bonchev–Trinajstić information content (AvgIpc) is 2.90. The molecule has 0 radical (unpaired) electrons. The zero-order valence-corrected chi connectivity index (χ0v) is 14.3. The Kier molecular flexibility index (Phi) is 5.45. The summed E-state index contributed by atoms with van der Waals surface area (Å²) < 4.78 is 24.4. The second kappa shape index (κ2) is 6.70. The van der Waals surface area contributed by atoms with Crippen molar-refractivity contribution in [2.75, 3.05) is 18.1 Å². The van der Waals surface area contributed by atoms with Crippen LogP contribution in [0, 0.1) is 5.92 Å². The van der Waals surface area contributed by atoms with Crippen LogP contribution in [0.1, 0.15) is 24.6 Å². The van der Waals surface area contributed by atoms with E-state index in [2.05, 4.69) is 40.3 Å². The van der Waals surface area contributed by atoms with Gasteiger partial charge in [0.1, 0.15) is 0 Å². The predicted octanol–water partition coefficient (Wildman–Crippen LogP) is 2.86. The van der Waals surface area contributed by atoms with E-state index in [-0.39, 0.29) is 12.0 Å². The molecule has 6 heteroatoms. The molecule has 1 aromatic heterocycles. The van der Waals surface area contributed by atoms with Crippen molar-refractivity contribution < 1.29 is 8.42 Å². The third-order valence-corrected chi connectivity index (χ3v) is 6.98. The summed E-state index contributed by atoms with van der Waals surface area (Å²) in [5.74, 6) is 0.967. The molecule has 2 unspecified atom stereocenters. The molecule has 0 saturated carbocycles. The third-order valence-electron chi connectivity index (χ3n) is 3.54. The van der Waals surface area contributed by atoms with Gasteiger partial charge in [0.05, 0.1) is 15.3 Å². The normalized spacial score (nSPS) is 23.6. The van der Waals surface area contributed by atoms with Gasteiger partial charge in [-0.1, -0.05) is 6.92 Å². The summed E-state index contributed by atoms with van der Waals surface area (Å²) in [6.45, 7) is 3.09. The van der Waals surface area contributed by atoms with Crippen LogP contribution < -0.4 is 5.32 Å². The van der Waals surface area contributed by atoms with Crippen LogP contribution in [-0.2, 0) is 16.3 Å². The maximum absolute atomic E-state index is 11.6. The highest BCUT2D eigenvalue weighted by molar-refractivity contribution is 9.11. The lowest BCUT2D eigenvalue weighted by Crippen LogP contribution is -2.39. The maximum atomic E-state index is 11.6. The second-order valence-corrected chi connectivity index (χ2v) is 9.91. The van der Waals surface area contributed by atoms with Crippen LogP contribution in [0.15, 0.2) is 15.9 Å². The van der Waals surface area contributed by atoms with Crippen molar-refractivity contribution >= 4 is 37.1 Å². The molecule has 1 aliphatic rings. The third kappa shape index (κ3) is 4.55. The summed E-state index contributed by atoms with van der Waals surface area (Å²) in [7, 11) is -2.80. The van der Waals surface area contributed by atoms with Crippen molar-refractivity contribution in [3.8, 4) is 0 Å². The summed E-state index contributed by atoms with van der Waals surface area (Å²) >= 11 is 5.21. The number of hydrogen-bond acceptors (Lipinski definition) is 4. The summed E-state index contributed by atoms with van der Waals surface area (Å²) in [5, 5.41) is 3.53. The molecule has 1 aliphatic heterocycles. The van der Waals surface area contributed by atoms with Crippen LogP contribution in [-0.4, -0.2) is 32.5 Å². The van der Waals surface area contributed by atoms with Gasteiger partial charge in [-0.25, -0.2) is 8.42 Å². The van der Waals surface area contributed by atoms with Crippen LogP contribution in [0.2, 0.25) is 0 Å². The van der Waals surface area contributed by atoms with Gasteiger partial charge in [-0.05, 0) is 59.8 Å². The quantitative estimate of drug-likeness (QED) is 0.842. The van der Waals surface area contributed by atoms with Crippen molar-refractivity contribution in [3.63, 3.8) is 0 Å². The first kappa shape index (κ1) is 15.5. The first-order valence-corrected chi connectivity index (χ1v) is 10.1. The summed E-state index contributed by atoms with van der Waals surface area (Å²) in [6, 6.07) is 4.46. The van der Waals surface area contributed by atoms with E-state index in [1.165, 1.54) is 4.88 Å². The Hall–Kier alpha value is 0.0900. The van der Waals surface area contributed by atoms with E-state index >= 15 is 0 Å². The molecule has 108 valence electrons. The fourth-order valence-electron chi connectivity index (χ4n) is 2.55. The minimum Gasteiger partial charge on any atom is -0.313 e. The molecule has 2 heterocycles. The molecular weight excluding hydrogens is 346 g/mol. The van der Waals surface area contributed by atoms with E-state index in [0.29, 0.717) is 11.5 Å². The van der Waals surface area contributed by atoms with Crippen LogP contribution >= 0.6 is 27.3 Å². The molecule has 2 rings (SSSR count). The van der Waals surface area contributed by atoms with Gasteiger partial charge in [0.15, 0.2) is 9.84 Å². The van der Waals surface area contributed by atoms with Crippen LogP contribution in [0.4, 0.5) is 0 Å². The SMILES string of the molecule is CCCNC(Cc1ccc(Br)s1)C1CCS(=O)(=O)C1. The van der Waals surface area contributed by atoms with Gasteiger partial charge < -0.3 is 5.32 Å². The van der Waals surface area contributed by atoms with E-state index in [4.69, 9.17) is 0 Å². The van der Waals surface area contributed by atoms with E-state index in [9.17, 15) is 8.42 Å². The summed E-state index contributed by atoms with van der Waals surface area (Å²) in [4.78, 5) is 1.31. The molecule has 1 saturated heterocycles. The molecule has 0 spiro atoms. The monoisotopic (exact) mass is 365 g/mol. The van der Waals surface area contributed by atoms with Crippen LogP contribution in [0.25, 0.3) is 0 Å². The maximum Gasteiger partial charge on any atom is 0.150 e. The number of nitrogens with one attached hydrogen (secondary N) is 1. The molecular formula is C13H20BrNO2S2. The van der Waals surface area contributed by atoms with Gasteiger partial charge in [-0.15, -0.1) is 11.3 Å². The van der Waals surface area contributed by atoms with Crippen LogP contribution in [0.5, 0.6) is 0 Å². The zero-order chi connectivity index (χ0) is 13.9. The Labute approximate surface area is 127 Å². The fourth-order valence-corrected chi connectivity index (χ4v) is 5.98. The average molecular weight is 366 g/mol. The molecule has 19 heavy (non-hydrogen) atoms. The van der Waals surface area contributed by atoms with Crippen molar-refractivity contribution in [2.45, 2.75) is 32.2 Å². The summed E-state index contributed by atoms with van der Waals surface area (Å²) in [6.07, 6.45) is 2.80. The molecule has 0 aliphatic carbocycles. The molecule has 1 aromatic rings. The van der Waals surface area contributed by atoms with Gasteiger partial charge in [-0.3, -0.25) is 0 Å². The van der Waals surface area contributed by atoms with E-state index in [1.54, 1.807) is 11.3 Å². The lowest BCUT2D eigenvalue weighted by atomic mass is 9.95. The molecule has 0 aromatic carbocycles. The molecule has 2 atom stereocenters. The second-order valence-electron chi connectivity index (χ2n) is 5.13. The van der Waals surface area contributed by atoms with E-state index < -0.39 is 9.84 Å². The Morgan fingerprint density at radius 1 is 1.53 bits per heavy atom. The lowest BCUT2D eigenvalue weighted by Gasteiger charge is -2.23. The highest BCUT2D eigenvalue weighted by Crippen LogP contribution is 2.28. The molecule has 1 fully saturated rings. The standard InChI is InChI=1S/C13H20BrNO2S2/c1-2-6-15-12(8-11-3-4-13(14)18-11)10-5-7-19(16,17)9-10/h3-4,10,12,15H,2,5-9H2,1H3. The minimum atomic E-state index is -2.80. The fraction of sp³-hybridized carbons (Fsp3) is 0.692. The zero-order valence-electron chi connectivity index (χ0n) is 11.1. The van der Waals surface area contributed by atoms with Crippen molar-refractivity contribution in [1.82, 2.24) is 5.32 Å². The molecule has 3 nitrogen and oxygen atoms in total. The van der Waals surface area contributed by atoms with Gasteiger partial charge >= 0.3 is 0 Å². The Morgan fingerprint density at radius 2 is 2.32 bits per heavy atom. The Balaban J connectivity index is 2.03.